The molecular formula is C28H33N3O7S2. The first-order valence-electron chi connectivity index (χ1n) is 13.0. The molecule has 0 unspecified atom stereocenters. The number of rotatable bonds is 11. The molecule has 0 aliphatic carbocycles. The van der Waals surface area contributed by atoms with E-state index in [9.17, 15) is 21.6 Å². The summed E-state index contributed by atoms with van der Waals surface area (Å²) in [6.45, 7) is 2.32. The number of benzene rings is 3. The maximum atomic E-state index is 13.7. The second kappa shape index (κ2) is 12.7. The lowest BCUT2D eigenvalue weighted by Gasteiger charge is -2.27. The summed E-state index contributed by atoms with van der Waals surface area (Å²) >= 11 is 0. The normalized spacial score (nSPS) is 14.3. The molecule has 1 fully saturated rings. The zero-order valence-corrected chi connectivity index (χ0v) is 24.1. The van der Waals surface area contributed by atoms with Crippen LogP contribution in [0.5, 0.6) is 11.5 Å². The molecule has 1 amide bonds. The van der Waals surface area contributed by atoms with Gasteiger partial charge in [0.15, 0.2) is 0 Å². The van der Waals surface area contributed by atoms with Crippen LogP contribution in [0.15, 0.2) is 82.6 Å². The van der Waals surface area contributed by atoms with E-state index in [2.05, 4.69) is 5.32 Å². The number of nitrogens with one attached hydrogen (secondary N) is 1. The highest BCUT2D eigenvalue weighted by molar-refractivity contribution is 7.93. The number of carbonyl (C=O) groups excluding carboxylic acids is 1. The molecule has 214 valence electrons. The average molecular weight is 588 g/mol. The van der Waals surface area contributed by atoms with Crippen LogP contribution in [-0.2, 0) is 24.8 Å². The number of sulfonamides is 2. The fourth-order valence-electron chi connectivity index (χ4n) is 4.48. The van der Waals surface area contributed by atoms with E-state index in [1.54, 1.807) is 49.4 Å². The third-order valence-corrected chi connectivity index (χ3v) is 10.1. The van der Waals surface area contributed by atoms with Gasteiger partial charge in [0, 0.05) is 13.1 Å². The van der Waals surface area contributed by atoms with Crippen LogP contribution in [0.1, 0.15) is 26.2 Å². The fraction of sp³-hybridized carbons (Fsp3) is 0.321. The minimum Gasteiger partial charge on any atom is -0.495 e. The highest BCUT2D eigenvalue weighted by atomic mass is 32.2. The predicted octanol–water partition coefficient (Wildman–Crippen LogP) is 4.10. The number of para-hydroxylation sites is 2. The van der Waals surface area contributed by atoms with Gasteiger partial charge in [-0.3, -0.25) is 9.10 Å². The molecule has 0 bridgehead atoms. The maximum Gasteiger partial charge on any atom is 0.264 e. The molecule has 1 aliphatic heterocycles. The lowest BCUT2D eigenvalue weighted by Crippen LogP contribution is -2.38. The molecular weight excluding hydrogens is 554 g/mol. The first kappa shape index (κ1) is 29.4. The van der Waals surface area contributed by atoms with Gasteiger partial charge in [0.2, 0.25) is 15.9 Å². The Hall–Kier alpha value is -3.61. The van der Waals surface area contributed by atoms with Crippen molar-refractivity contribution in [3.63, 3.8) is 0 Å². The van der Waals surface area contributed by atoms with Crippen LogP contribution in [0.25, 0.3) is 0 Å². The zero-order chi connectivity index (χ0) is 28.8. The number of amides is 1. The second-order valence-electron chi connectivity index (χ2n) is 9.10. The number of hydrogen-bond donors (Lipinski definition) is 1. The van der Waals surface area contributed by atoms with Gasteiger partial charge in [-0.2, -0.15) is 4.31 Å². The van der Waals surface area contributed by atoms with Gasteiger partial charge >= 0.3 is 0 Å². The molecule has 0 atom stereocenters. The van der Waals surface area contributed by atoms with Crippen LogP contribution in [0.2, 0.25) is 0 Å². The van der Waals surface area contributed by atoms with Gasteiger partial charge < -0.3 is 14.8 Å². The van der Waals surface area contributed by atoms with Crippen LogP contribution in [0.4, 0.5) is 11.4 Å². The van der Waals surface area contributed by atoms with E-state index in [1.807, 2.05) is 0 Å². The number of carbonyl (C=O) groups is 1. The van der Waals surface area contributed by atoms with E-state index >= 15 is 0 Å². The Bertz CT molecular complexity index is 1540. The van der Waals surface area contributed by atoms with Crippen LogP contribution in [0, 0.1) is 0 Å². The SMILES string of the molecule is CCOc1ccccc1N(CC(=O)Nc1cc(S(=O)(=O)N2CCCCC2)ccc1OC)S(=O)(=O)c1ccccc1. The summed E-state index contributed by atoms with van der Waals surface area (Å²) in [6, 6.07) is 18.6. The van der Waals surface area contributed by atoms with Gasteiger partial charge in [-0.15, -0.1) is 0 Å². The maximum absolute atomic E-state index is 13.7. The Labute approximate surface area is 235 Å². The summed E-state index contributed by atoms with van der Waals surface area (Å²) in [6.07, 6.45) is 2.55. The topological polar surface area (TPSA) is 122 Å². The molecule has 0 spiro atoms. The summed E-state index contributed by atoms with van der Waals surface area (Å²) in [5, 5.41) is 2.66. The van der Waals surface area contributed by atoms with E-state index < -0.39 is 32.5 Å². The minimum atomic E-state index is -4.19. The van der Waals surface area contributed by atoms with Gasteiger partial charge in [0.25, 0.3) is 10.0 Å². The van der Waals surface area contributed by atoms with Crippen molar-refractivity contribution in [3.8, 4) is 11.5 Å². The first-order chi connectivity index (χ1) is 19.2. The molecule has 12 heteroatoms. The van der Waals surface area contributed by atoms with E-state index in [-0.39, 0.29) is 33.5 Å². The van der Waals surface area contributed by atoms with Crippen LogP contribution < -0.4 is 19.1 Å². The molecule has 4 rings (SSSR count). The average Bonchev–Trinajstić information content (AvgIpc) is 2.97. The molecule has 10 nitrogen and oxygen atoms in total. The summed E-state index contributed by atoms with van der Waals surface area (Å²) in [5.41, 5.74) is 0.303. The summed E-state index contributed by atoms with van der Waals surface area (Å²) in [4.78, 5) is 13.4. The van der Waals surface area contributed by atoms with Crippen LogP contribution >= 0.6 is 0 Å². The monoisotopic (exact) mass is 587 g/mol. The van der Waals surface area contributed by atoms with E-state index in [0.29, 0.717) is 18.8 Å². The number of hydrogen-bond acceptors (Lipinski definition) is 7. The lowest BCUT2D eigenvalue weighted by molar-refractivity contribution is -0.114. The van der Waals surface area contributed by atoms with Crippen molar-refractivity contribution in [3.05, 3.63) is 72.8 Å². The molecule has 0 radical (unpaired) electrons. The zero-order valence-electron chi connectivity index (χ0n) is 22.4. The van der Waals surface area contributed by atoms with Gasteiger partial charge in [0.05, 0.1) is 34.9 Å². The molecule has 1 saturated heterocycles. The minimum absolute atomic E-state index is 0.00121. The standard InChI is InChI=1S/C28H33N3O7S2/c1-3-38-27-15-9-8-14-25(27)31(40(35,36)22-12-6-4-7-13-22)21-28(32)29-24-20-23(16-17-26(24)37-2)39(33,34)30-18-10-5-11-19-30/h4,6-9,12-17,20H,3,5,10-11,18-19,21H2,1-2H3,(H,29,32). The van der Waals surface area contributed by atoms with Gasteiger partial charge in [-0.1, -0.05) is 36.8 Å². The van der Waals surface area contributed by atoms with Crippen molar-refractivity contribution >= 4 is 37.3 Å². The molecule has 0 aromatic heterocycles. The largest absolute Gasteiger partial charge is 0.495 e. The van der Waals surface area contributed by atoms with Crippen molar-refractivity contribution in [2.75, 3.05) is 43.0 Å². The van der Waals surface area contributed by atoms with Crippen molar-refractivity contribution < 1.29 is 31.1 Å². The van der Waals surface area contributed by atoms with Crippen molar-refractivity contribution in [1.82, 2.24) is 4.31 Å². The quantitative estimate of drug-likeness (QED) is 0.358. The molecule has 0 saturated carbocycles. The Morgan fingerprint density at radius 1 is 0.875 bits per heavy atom. The van der Waals surface area contributed by atoms with Gasteiger partial charge in [-0.25, -0.2) is 16.8 Å². The van der Waals surface area contributed by atoms with Crippen molar-refractivity contribution in [2.24, 2.45) is 0 Å². The van der Waals surface area contributed by atoms with E-state index in [4.69, 9.17) is 9.47 Å². The van der Waals surface area contributed by atoms with Crippen molar-refractivity contribution in [2.45, 2.75) is 36.0 Å². The van der Waals surface area contributed by atoms with Gasteiger partial charge in [-0.05, 0) is 62.2 Å². The number of piperidine rings is 1. The van der Waals surface area contributed by atoms with Crippen LogP contribution in [0.3, 0.4) is 0 Å². The molecule has 1 N–H and O–H groups in total. The first-order valence-corrected chi connectivity index (χ1v) is 15.8. The third-order valence-electron chi connectivity index (χ3n) is 6.45. The Morgan fingerprint density at radius 3 is 2.23 bits per heavy atom. The Morgan fingerprint density at radius 2 is 1.55 bits per heavy atom. The predicted molar refractivity (Wildman–Crippen MR) is 153 cm³/mol. The highest BCUT2D eigenvalue weighted by Gasteiger charge is 2.30. The third kappa shape index (κ3) is 6.40. The molecule has 3 aromatic rings. The Kier molecular flexibility index (Phi) is 9.33. The summed E-state index contributed by atoms with van der Waals surface area (Å²) in [5.74, 6) is -0.167. The molecule has 40 heavy (non-hydrogen) atoms. The number of anilines is 2. The van der Waals surface area contributed by atoms with E-state index in [1.165, 1.54) is 41.7 Å². The smallest absolute Gasteiger partial charge is 0.264 e. The molecule has 1 aliphatic rings. The summed E-state index contributed by atoms with van der Waals surface area (Å²) < 4.78 is 67.4. The second-order valence-corrected chi connectivity index (χ2v) is 12.9. The van der Waals surface area contributed by atoms with Gasteiger partial charge in [0.1, 0.15) is 18.0 Å². The molecule has 1 heterocycles. The fourth-order valence-corrected chi connectivity index (χ4v) is 7.48. The number of nitrogens with zero attached hydrogens (tertiary/aromatic N) is 2. The van der Waals surface area contributed by atoms with E-state index in [0.717, 1.165) is 23.6 Å². The van der Waals surface area contributed by atoms with Crippen LogP contribution in [-0.4, -0.2) is 60.4 Å². The van der Waals surface area contributed by atoms with Crippen molar-refractivity contribution in [1.29, 1.82) is 0 Å². The molecule has 3 aromatic carbocycles. The lowest BCUT2D eigenvalue weighted by atomic mass is 10.2. The summed E-state index contributed by atoms with van der Waals surface area (Å²) in [7, 11) is -6.57. The highest BCUT2D eigenvalue weighted by Crippen LogP contribution is 2.34. The number of methoxy groups -OCH3 is 1. The Balaban J connectivity index is 1.68. The number of ether oxygens (including phenoxy) is 2.